The van der Waals surface area contributed by atoms with Gasteiger partial charge in [0.1, 0.15) is 4.90 Å². The molecule has 1 heterocycles. The Morgan fingerprint density at radius 3 is 2.71 bits per heavy atom. The van der Waals surface area contributed by atoms with Gasteiger partial charge in [-0.2, -0.15) is 9.57 Å². The fourth-order valence-corrected chi connectivity index (χ4v) is 5.36. The number of benzene rings is 1. The molecule has 0 bridgehead atoms. The zero-order valence-electron chi connectivity index (χ0n) is 11.2. The second-order valence-corrected chi connectivity index (χ2v) is 7.96. The first-order valence-corrected chi connectivity index (χ1v) is 8.63. The van der Waals surface area contributed by atoms with Crippen molar-refractivity contribution in [2.24, 2.45) is 11.8 Å². The van der Waals surface area contributed by atoms with E-state index in [2.05, 4.69) is 0 Å². The number of hydrogen-bond donors (Lipinski definition) is 1. The molecule has 112 valence electrons. The third-order valence-corrected chi connectivity index (χ3v) is 6.78. The van der Waals surface area contributed by atoms with Crippen LogP contribution < -0.4 is 0 Å². The minimum Gasteiger partial charge on any atom is -0.393 e. The third kappa shape index (κ3) is 2.44. The molecule has 7 heteroatoms. The number of nitrogens with zero attached hydrogens (tertiary/aromatic N) is 2. The molecule has 1 aliphatic carbocycles. The normalized spacial score (nSPS) is 29.3. The van der Waals surface area contributed by atoms with Crippen LogP contribution in [0.3, 0.4) is 0 Å². The van der Waals surface area contributed by atoms with Gasteiger partial charge < -0.3 is 5.11 Å². The van der Waals surface area contributed by atoms with Gasteiger partial charge in [-0.3, -0.25) is 0 Å². The van der Waals surface area contributed by atoms with Gasteiger partial charge in [-0.15, -0.1) is 0 Å². The lowest BCUT2D eigenvalue weighted by Gasteiger charge is -2.19. The molecule has 1 aliphatic heterocycles. The molecule has 0 amide bonds. The van der Waals surface area contributed by atoms with E-state index in [-0.39, 0.29) is 21.8 Å². The number of hydrogen-bond acceptors (Lipinski definition) is 4. The number of halogens is 1. The lowest BCUT2D eigenvalue weighted by atomic mass is 10.00. The van der Waals surface area contributed by atoms with E-state index in [4.69, 9.17) is 16.9 Å². The summed E-state index contributed by atoms with van der Waals surface area (Å²) in [6, 6.07) is 6.11. The maximum Gasteiger partial charge on any atom is 0.244 e. The van der Waals surface area contributed by atoms with Gasteiger partial charge in [-0.1, -0.05) is 11.6 Å². The largest absolute Gasteiger partial charge is 0.393 e. The van der Waals surface area contributed by atoms with Crippen LogP contribution in [0, 0.1) is 23.2 Å². The average molecular weight is 327 g/mol. The molecule has 3 rings (SSSR count). The molecule has 21 heavy (non-hydrogen) atoms. The predicted molar refractivity (Wildman–Crippen MR) is 77.1 cm³/mol. The Morgan fingerprint density at radius 1 is 1.33 bits per heavy atom. The summed E-state index contributed by atoms with van der Waals surface area (Å²) in [4.78, 5) is 0.0256. The van der Waals surface area contributed by atoms with Gasteiger partial charge in [0, 0.05) is 19.0 Å². The zero-order valence-corrected chi connectivity index (χ0v) is 12.8. The number of aliphatic hydroxyl groups is 1. The van der Waals surface area contributed by atoms with Crippen LogP contribution >= 0.6 is 11.6 Å². The van der Waals surface area contributed by atoms with Gasteiger partial charge in [-0.25, -0.2) is 8.42 Å². The second kappa shape index (κ2) is 5.25. The summed E-state index contributed by atoms with van der Waals surface area (Å²) in [7, 11) is -3.68. The van der Waals surface area contributed by atoms with Crippen molar-refractivity contribution in [1.82, 2.24) is 4.31 Å². The molecule has 0 aromatic heterocycles. The van der Waals surface area contributed by atoms with Crippen LogP contribution in [-0.4, -0.2) is 37.0 Å². The summed E-state index contributed by atoms with van der Waals surface area (Å²) in [6.07, 6.45) is 1.20. The molecule has 1 saturated carbocycles. The summed E-state index contributed by atoms with van der Waals surface area (Å²) < 4.78 is 26.7. The van der Waals surface area contributed by atoms with Crippen LogP contribution in [0.1, 0.15) is 18.4 Å². The lowest BCUT2D eigenvalue weighted by molar-refractivity contribution is 0.129. The van der Waals surface area contributed by atoms with E-state index in [1.54, 1.807) is 0 Å². The topological polar surface area (TPSA) is 81.4 Å². The standard InChI is InChI=1S/C14H15ClN2O3S/c15-12-5-9(6-16)1-4-14(12)21(19,20)17-7-10-2-3-13(18)11(10)8-17/h1,4-5,10-11,13,18H,2-3,7-8H2. The van der Waals surface area contributed by atoms with Crippen molar-refractivity contribution in [1.29, 1.82) is 5.26 Å². The van der Waals surface area contributed by atoms with Crippen molar-refractivity contribution >= 4 is 21.6 Å². The fourth-order valence-electron chi connectivity index (χ4n) is 3.31. The highest BCUT2D eigenvalue weighted by molar-refractivity contribution is 7.89. The van der Waals surface area contributed by atoms with Crippen LogP contribution in [0.2, 0.25) is 5.02 Å². The highest BCUT2D eigenvalue weighted by Gasteiger charge is 2.46. The maximum absolute atomic E-state index is 12.7. The van der Waals surface area contributed by atoms with E-state index < -0.39 is 16.1 Å². The first-order valence-electron chi connectivity index (χ1n) is 6.81. The summed E-state index contributed by atoms with van der Waals surface area (Å²) in [5.41, 5.74) is 0.327. The van der Waals surface area contributed by atoms with Crippen LogP contribution in [0.25, 0.3) is 0 Å². The van der Waals surface area contributed by atoms with E-state index in [1.165, 1.54) is 22.5 Å². The van der Waals surface area contributed by atoms with Crippen LogP contribution in [0.5, 0.6) is 0 Å². The average Bonchev–Trinajstić information content (AvgIpc) is 3.01. The number of rotatable bonds is 2. The first kappa shape index (κ1) is 14.8. The van der Waals surface area contributed by atoms with E-state index in [0.717, 1.165) is 12.8 Å². The number of nitriles is 1. The third-order valence-electron chi connectivity index (χ3n) is 4.46. The molecule has 2 fully saturated rings. The first-order chi connectivity index (χ1) is 9.93. The molecule has 3 atom stereocenters. The quantitative estimate of drug-likeness (QED) is 0.895. The Labute approximate surface area is 128 Å². The monoisotopic (exact) mass is 326 g/mol. The van der Waals surface area contributed by atoms with Crippen molar-refractivity contribution in [2.45, 2.75) is 23.8 Å². The van der Waals surface area contributed by atoms with Gasteiger partial charge in [0.2, 0.25) is 10.0 Å². The molecular formula is C14H15ClN2O3S. The number of aliphatic hydroxyl groups excluding tert-OH is 1. The Balaban J connectivity index is 1.90. The van der Waals surface area contributed by atoms with Crippen molar-refractivity contribution in [3.05, 3.63) is 28.8 Å². The lowest BCUT2D eigenvalue weighted by Crippen LogP contribution is -2.31. The van der Waals surface area contributed by atoms with E-state index >= 15 is 0 Å². The molecule has 1 N–H and O–H groups in total. The molecule has 3 unspecified atom stereocenters. The Kier molecular flexibility index (Phi) is 3.70. The Morgan fingerprint density at radius 2 is 2.10 bits per heavy atom. The smallest absolute Gasteiger partial charge is 0.244 e. The Hall–Kier alpha value is -1.13. The van der Waals surface area contributed by atoms with Gasteiger partial charge in [0.15, 0.2) is 0 Å². The highest BCUT2D eigenvalue weighted by atomic mass is 35.5. The van der Waals surface area contributed by atoms with Gasteiger partial charge in [0.05, 0.1) is 22.8 Å². The van der Waals surface area contributed by atoms with E-state index in [0.29, 0.717) is 18.7 Å². The number of sulfonamides is 1. The van der Waals surface area contributed by atoms with Crippen molar-refractivity contribution in [2.75, 3.05) is 13.1 Å². The summed E-state index contributed by atoms with van der Waals surface area (Å²) in [5.74, 6) is 0.254. The van der Waals surface area contributed by atoms with Crippen molar-refractivity contribution in [3.63, 3.8) is 0 Å². The predicted octanol–water partition coefficient (Wildman–Crippen LogP) is 1.60. The van der Waals surface area contributed by atoms with Crippen LogP contribution in [-0.2, 0) is 10.0 Å². The highest BCUT2D eigenvalue weighted by Crippen LogP contribution is 2.40. The Bertz CT molecular complexity index is 713. The molecule has 0 radical (unpaired) electrons. The molecule has 2 aliphatic rings. The van der Waals surface area contributed by atoms with Gasteiger partial charge >= 0.3 is 0 Å². The summed E-state index contributed by atoms with van der Waals surface area (Å²) >= 11 is 6.01. The fraction of sp³-hybridized carbons (Fsp3) is 0.500. The van der Waals surface area contributed by atoms with Gasteiger partial charge in [0.25, 0.3) is 0 Å². The minimum absolute atomic E-state index is 0.0249. The molecule has 5 nitrogen and oxygen atoms in total. The summed E-state index contributed by atoms with van der Waals surface area (Å²) in [5, 5.41) is 18.8. The number of fused-ring (bicyclic) bond motifs is 1. The SMILES string of the molecule is N#Cc1ccc(S(=O)(=O)N2CC3CCC(O)C3C2)c(Cl)c1. The molecule has 1 aromatic rings. The minimum atomic E-state index is -3.68. The molecule has 1 saturated heterocycles. The molecule has 1 aromatic carbocycles. The zero-order chi connectivity index (χ0) is 15.2. The van der Waals surface area contributed by atoms with Gasteiger partial charge in [-0.05, 0) is 37.0 Å². The van der Waals surface area contributed by atoms with Crippen LogP contribution in [0.15, 0.2) is 23.1 Å². The summed E-state index contributed by atoms with van der Waals surface area (Å²) in [6.45, 7) is 0.769. The molecular weight excluding hydrogens is 312 g/mol. The maximum atomic E-state index is 12.7. The second-order valence-electron chi connectivity index (χ2n) is 5.65. The van der Waals surface area contributed by atoms with Crippen LogP contribution in [0.4, 0.5) is 0 Å². The molecule has 0 spiro atoms. The van der Waals surface area contributed by atoms with Crippen molar-refractivity contribution in [3.8, 4) is 6.07 Å². The van der Waals surface area contributed by atoms with E-state index in [9.17, 15) is 13.5 Å². The van der Waals surface area contributed by atoms with E-state index in [1.807, 2.05) is 6.07 Å². The van der Waals surface area contributed by atoms with Crippen molar-refractivity contribution < 1.29 is 13.5 Å².